The van der Waals surface area contributed by atoms with Crippen LogP contribution in [0.25, 0.3) is 22.0 Å². The van der Waals surface area contributed by atoms with Crippen molar-refractivity contribution >= 4 is 10.9 Å². The lowest BCUT2D eigenvalue weighted by Gasteiger charge is -2.11. The van der Waals surface area contributed by atoms with E-state index in [1.807, 2.05) is 42.5 Å². The van der Waals surface area contributed by atoms with Crippen LogP contribution in [0.2, 0.25) is 0 Å². The smallest absolute Gasteiger partial charge is 0.249 e. The lowest BCUT2D eigenvalue weighted by Crippen LogP contribution is -2.04. The van der Waals surface area contributed by atoms with E-state index in [0.717, 1.165) is 22.0 Å². The topological polar surface area (TPSA) is 51.3 Å². The Labute approximate surface area is 122 Å². The highest BCUT2D eigenvalue weighted by Gasteiger charge is 2.09. The van der Waals surface area contributed by atoms with Gasteiger partial charge in [-0.1, -0.05) is 24.3 Å². The second kappa shape index (κ2) is 5.32. The minimum atomic E-state index is -0.126. The van der Waals surface area contributed by atoms with Gasteiger partial charge < -0.3 is 14.5 Å². The average molecular weight is 281 g/mol. The van der Waals surface area contributed by atoms with Crippen LogP contribution in [0.1, 0.15) is 0 Å². The van der Waals surface area contributed by atoms with Crippen LogP contribution in [0.5, 0.6) is 11.5 Å². The van der Waals surface area contributed by atoms with Gasteiger partial charge in [-0.2, -0.15) is 0 Å². The van der Waals surface area contributed by atoms with E-state index in [2.05, 4.69) is 4.98 Å². The fourth-order valence-corrected chi connectivity index (χ4v) is 2.45. The largest absolute Gasteiger partial charge is 0.493 e. The zero-order valence-electron chi connectivity index (χ0n) is 11.8. The second-order valence-electron chi connectivity index (χ2n) is 4.66. The summed E-state index contributed by atoms with van der Waals surface area (Å²) in [5, 5.41) is 0.990. The van der Waals surface area contributed by atoms with Crippen molar-refractivity contribution in [1.29, 1.82) is 0 Å². The Morgan fingerprint density at radius 2 is 1.67 bits per heavy atom. The molecule has 0 aliphatic rings. The molecule has 0 atom stereocenters. The third-order valence-electron chi connectivity index (χ3n) is 3.45. The van der Waals surface area contributed by atoms with Crippen LogP contribution in [-0.2, 0) is 0 Å². The molecule has 0 amide bonds. The van der Waals surface area contributed by atoms with Gasteiger partial charge in [0.05, 0.1) is 14.2 Å². The summed E-state index contributed by atoms with van der Waals surface area (Å²) >= 11 is 0. The molecule has 3 rings (SSSR count). The summed E-state index contributed by atoms with van der Waals surface area (Å²) in [7, 11) is 3.19. The number of fused-ring (bicyclic) bond motifs is 1. The van der Waals surface area contributed by atoms with E-state index in [1.165, 1.54) is 0 Å². The molecule has 0 saturated carbocycles. The number of aromatic nitrogens is 1. The predicted molar refractivity (Wildman–Crippen MR) is 83.1 cm³/mol. The van der Waals surface area contributed by atoms with Crippen molar-refractivity contribution in [2.75, 3.05) is 14.2 Å². The fraction of sp³-hybridized carbons (Fsp3) is 0.118. The molecule has 0 unspecified atom stereocenters. The molecule has 0 aliphatic heterocycles. The third kappa shape index (κ3) is 2.36. The molecule has 1 N–H and O–H groups in total. The predicted octanol–water partition coefficient (Wildman–Crippen LogP) is 3.21. The van der Waals surface area contributed by atoms with Gasteiger partial charge in [0.1, 0.15) is 0 Å². The quantitative estimate of drug-likeness (QED) is 0.802. The highest BCUT2D eigenvalue weighted by atomic mass is 16.5. The molecule has 21 heavy (non-hydrogen) atoms. The third-order valence-corrected chi connectivity index (χ3v) is 3.45. The lowest BCUT2D eigenvalue weighted by molar-refractivity contribution is 0.355. The number of benzene rings is 2. The van der Waals surface area contributed by atoms with E-state index in [0.29, 0.717) is 11.5 Å². The van der Waals surface area contributed by atoms with Crippen molar-refractivity contribution in [3.8, 4) is 22.6 Å². The number of rotatable bonds is 3. The first-order valence-electron chi connectivity index (χ1n) is 6.57. The maximum Gasteiger partial charge on any atom is 0.249 e. The van der Waals surface area contributed by atoms with Crippen LogP contribution in [0.4, 0.5) is 0 Å². The zero-order chi connectivity index (χ0) is 14.8. The molecule has 106 valence electrons. The van der Waals surface area contributed by atoms with Gasteiger partial charge in [0.2, 0.25) is 5.56 Å². The number of methoxy groups -OCH3 is 2. The Morgan fingerprint density at radius 1 is 0.905 bits per heavy atom. The lowest BCUT2D eigenvalue weighted by atomic mass is 10.0. The molecule has 0 fully saturated rings. The molecule has 1 heterocycles. The van der Waals surface area contributed by atoms with Crippen molar-refractivity contribution in [2.24, 2.45) is 0 Å². The van der Waals surface area contributed by atoms with E-state index in [1.54, 1.807) is 20.3 Å². The molecule has 4 heteroatoms. The number of para-hydroxylation sites is 1. The molecule has 2 aromatic carbocycles. The van der Waals surface area contributed by atoms with Crippen molar-refractivity contribution in [2.45, 2.75) is 0 Å². The number of pyridine rings is 1. The van der Waals surface area contributed by atoms with E-state index in [-0.39, 0.29) is 5.56 Å². The van der Waals surface area contributed by atoms with Crippen LogP contribution in [0.3, 0.4) is 0 Å². The molecule has 1 aromatic heterocycles. The van der Waals surface area contributed by atoms with Crippen LogP contribution in [0.15, 0.2) is 53.3 Å². The second-order valence-corrected chi connectivity index (χ2v) is 4.66. The van der Waals surface area contributed by atoms with Gasteiger partial charge in [-0.25, -0.2) is 0 Å². The molecular formula is C17H15NO3. The van der Waals surface area contributed by atoms with E-state index in [9.17, 15) is 4.79 Å². The molecule has 3 aromatic rings. The minimum absolute atomic E-state index is 0.126. The summed E-state index contributed by atoms with van der Waals surface area (Å²) in [4.78, 5) is 14.7. The number of hydrogen-bond acceptors (Lipinski definition) is 3. The maximum atomic E-state index is 11.8. The van der Waals surface area contributed by atoms with Gasteiger partial charge in [0.25, 0.3) is 0 Å². The minimum Gasteiger partial charge on any atom is -0.493 e. The molecule has 0 aliphatic carbocycles. The van der Waals surface area contributed by atoms with E-state index in [4.69, 9.17) is 9.47 Å². The van der Waals surface area contributed by atoms with Crippen molar-refractivity contribution in [1.82, 2.24) is 4.98 Å². The van der Waals surface area contributed by atoms with Gasteiger partial charge in [0, 0.05) is 17.0 Å². The van der Waals surface area contributed by atoms with Crippen molar-refractivity contribution in [3.63, 3.8) is 0 Å². The average Bonchev–Trinajstić information content (AvgIpc) is 2.53. The Balaban J connectivity index is 2.27. The number of nitrogens with one attached hydrogen (secondary N) is 1. The first-order chi connectivity index (χ1) is 10.2. The van der Waals surface area contributed by atoms with Crippen molar-refractivity contribution in [3.05, 3.63) is 58.9 Å². The summed E-state index contributed by atoms with van der Waals surface area (Å²) in [6.07, 6.45) is 0. The monoisotopic (exact) mass is 281 g/mol. The Bertz CT molecular complexity index is 852. The van der Waals surface area contributed by atoms with Gasteiger partial charge in [0.15, 0.2) is 11.5 Å². The van der Waals surface area contributed by atoms with Crippen LogP contribution in [-0.4, -0.2) is 19.2 Å². The van der Waals surface area contributed by atoms with Crippen LogP contribution >= 0.6 is 0 Å². The summed E-state index contributed by atoms with van der Waals surface area (Å²) in [5.74, 6) is 1.30. The van der Waals surface area contributed by atoms with Crippen molar-refractivity contribution < 1.29 is 9.47 Å². The van der Waals surface area contributed by atoms with Crippen LogP contribution in [0, 0.1) is 0 Å². The Kier molecular flexibility index (Phi) is 3.36. The first kappa shape index (κ1) is 13.2. The summed E-state index contributed by atoms with van der Waals surface area (Å²) in [6, 6.07) is 15.0. The molecule has 0 saturated heterocycles. The summed E-state index contributed by atoms with van der Waals surface area (Å²) < 4.78 is 10.6. The Morgan fingerprint density at radius 3 is 2.43 bits per heavy atom. The van der Waals surface area contributed by atoms with Gasteiger partial charge in [-0.05, 0) is 29.3 Å². The van der Waals surface area contributed by atoms with Gasteiger partial charge >= 0.3 is 0 Å². The SMILES string of the molecule is COc1ccc(-c2cc(=O)[nH]c3ccccc23)cc1OC. The maximum absolute atomic E-state index is 11.8. The first-order valence-corrected chi connectivity index (χ1v) is 6.57. The molecule has 0 radical (unpaired) electrons. The molecule has 0 bridgehead atoms. The molecular weight excluding hydrogens is 266 g/mol. The van der Waals surface area contributed by atoms with E-state index >= 15 is 0 Å². The number of hydrogen-bond donors (Lipinski definition) is 1. The van der Waals surface area contributed by atoms with E-state index < -0.39 is 0 Å². The Hall–Kier alpha value is -2.75. The summed E-state index contributed by atoms with van der Waals surface area (Å²) in [6.45, 7) is 0. The highest BCUT2D eigenvalue weighted by molar-refractivity contribution is 5.94. The molecule has 0 spiro atoms. The number of aromatic amines is 1. The number of ether oxygens (including phenoxy) is 2. The summed E-state index contributed by atoms with van der Waals surface area (Å²) in [5.41, 5.74) is 2.47. The fourth-order valence-electron chi connectivity index (χ4n) is 2.45. The standard InChI is InChI=1S/C17H15NO3/c1-20-15-8-7-11(9-16(15)21-2)13-10-17(19)18-14-6-4-3-5-12(13)14/h3-10H,1-2H3,(H,18,19). The number of H-pyrrole nitrogens is 1. The normalized spacial score (nSPS) is 10.6. The molecule has 4 nitrogen and oxygen atoms in total. The van der Waals surface area contributed by atoms with Gasteiger partial charge in [-0.3, -0.25) is 4.79 Å². The highest BCUT2D eigenvalue weighted by Crippen LogP contribution is 2.34. The zero-order valence-corrected chi connectivity index (χ0v) is 11.8. The van der Waals surface area contributed by atoms with Gasteiger partial charge in [-0.15, -0.1) is 0 Å². The van der Waals surface area contributed by atoms with Crippen LogP contribution < -0.4 is 15.0 Å².